The third-order valence-corrected chi connectivity index (χ3v) is 2.36. The summed E-state index contributed by atoms with van der Waals surface area (Å²) < 4.78 is 18.5. The van der Waals surface area contributed by atoms with Crippen molar-refractivity contribution < 1.29 is 13.7 Å². The molecule has 6 heteroatoms. The highest BCUT2D eigenvalue weighted by atomic mass is 79.9. The van der Waals surface area contributed by atoms with Gasteiger partial charge >= 0.3 is 0 Å². The summed E-state index contributed by atoms with van der Waals surface area (Å²) in [6.45, 7) is 0. The zero-order chi connectivity index (χ0) is 11.5. The Labute approximate surface area is 98.6 Å². The predicted molar refractivity (Wildman–Crippen MR) is 58.6 cm³/mol. The molecule has 2 rings (SSSR count). The Morgan fingerprint density at radius 2 is 2.31 bits per heavy atom. The molecule has 1 amide bonds. The molecule has 0 aliphatic rings. The largest absolute Gasteiger partial charge is 0.363 e. The zero-order valence-electron chi connectivity index (χ0n) is 7.91. The van der Waals surface area contributed by atoms with Gasteiger partial charge in [0.1, 0.15) is 17.8 Å². The summed E-state index contributed by atoms with van der Waals surface area (Å²) in [5.41, 5.74) is 0.344. The second kappa shape index (κ2) is 4.44. The van der Waals surface area contributed by atoms with Gasteiger partial charge in [-0.2, -0.15) is 0 Å². The normalized spacial score (nSPS) is 10.1. The van der Waals surface area contributed by atoms with E-state index in [1.165, 1.54) is 24.6 Å². The van der Waals surface area contributed by atoms with E-state index >= 15 is 0 Å². The van der Waals surface area contributed by atoms with Crippen molar-refractivity contribution in [2.24, 2.45) is 0 Å². The van der Waals surface area contributed by atoms with Crippen LogP contribution in [0.5, 0.6) is 0 Å². The quantitative estimate of drug-likeness (QED) is 0.923. The molecule has 0 saturated carbocycles. The molecule has 0 spiro atoms. The van der Waals surface area contributed by atoms with Gasteiger partial charge in [-0.3, -0.25) is 4.79 Å². The maximum Gasteiger partial charge on any atom is 0.258 e. The lowest BCUT2D eigenvalue weighted by Gasteiger charge is -2.03. The van der Waals surface area contributed by atoms with Gasteiger partial charge in [-0.1, -0.05) is 21.1 Å². The molecule has 0 fully saturated rings. The molecule has 1 aromatic heterocycles. The van der Waals surface area contributed by atoms with Gasteiger partial charge < -0.3 is 9.84 Å². The van der Waals surface area contributed by atoms with Gasteiger partial charge in [0.2, 0.25) is 0 Å². The van der Waals surface area contributed by atoms with Crippen LogP contribution in [0, 0.1) is 5.82 Å². The first-order valence-electron chi connectivity index (χ1n) is 4.32. The highest BCUT2D eigenvalue weighted by molar-refractivity contribution is 9.10. The van der Waals surface area contributed by atoms with Gasteiger partial charge in [0.15, 0.2) is 0 Å². The lowest BCUT2D eigenvalue weighted by Crippen LogP contribution is -2.13. The number of halogens is 2. The Hall–Kier alpha value is -1.69. The number of benzene rings is 1. The maximum atomic E-state index is 13.4. The Bertz CT molecular complexity index is 514. The Kier molecular flexibility index (Phi) is 3.00. The molecular formula is C10H6BrFN2O2. The average molecular weight is 285 g/mol. The summed E-state index contributed by atoms with van der Waals surface area (Å²) in [5.74, 6) is -1.14. The number of carbonyl (C=O) groups is 1. The number of anilines is 1. The van der Waals surface area contributed by atoms with Gasteiger partial charge in [-0.15, -0.1) is 0 Å². The van der Waals surface area contributed by atoms with E-state index in [0.29, 0.717) is 10.2 Å². The van der Waals surface area contributed by atoms with Gasteiger partial charge in [0.25, 0.3) is 5.91 Å². The van der Waals surface area contributed by atoms with Crippen LogP contribution in [0.1, 0.15) is 10.4 Å². The van der Waals surface area contributed by atoms with Crippen LogP contribution in [0.25, 0.3) is 0 Å². The number of nitrogens with zero attached hydrogens (tertiary/aromatic N) is 1. The van der Waals surface area contributed by atoms with Crippen LogP contribution in [-0.2, 0) is 0 Å². The lowest BCUT2D eigenvalue weighted by atomic mass is 10.2. The number of amides is 1. The van der Waals surface area contributed by atoms with Crippen molar-refractivity contribution in [1.82, 2.24) is 5.16 Å². The van der Waals surface area contributed by atoms with Crippen LogP contribution in [0.2, 0.25) is 0 Å². The number of rotatable bonds is 2. The predicted octanol–water partition coefficient (Wildman–Crippen LogP) is 2.83. The summed E-state index contributed by atoms with van der Waals surface area (Å²) in [7, 11) is 0. The van der Waals surface area contributed by atoms with Crippen molar-refractivity contribution in [3.63, 3.8) is 0 Å². The molecule has 0 atom stereocenters. The second-order valence-corrected chi connectivity index (χ2v) is 3.91. The molecule has 2 aromatic rings. The summed E-state index contributed by atoms with van der Waals surface area (Å²) in [5, 5.41) is 5.86. The van der Waals surface area contributed by atoms with Crippen molar-refractivity contribution in [1.29, 1.82) is 0 Å². The molecular weight excluding hydrogens is 279 g/mol. The van der Waals surface area contributed by atoms with Crippen molar-refractivity contribution in [2.45, 2.75) is 0 Å². The Morgan fingerprint density at radius 3 is 2.94 bits per heavy atom. The van der Waals surface area contributed by atoms with E-state index in [0.717, 1.165) is 0 Å². The van der Waals surface area contributed by atoms with Gasteiger partial charge in [-0.25, -0.2) is 4.39 Å². The zero-order valence-corrected chi connectivity index (χ0v) is 9.49. The van der Waals surface area contributed by atoms with Crippen LogP contribution in [-0.4, -0.2) is 11.1 Å². The van der Waals surface area contributed by atoms with Gasteiger partial charge in [0, 0.05) is 4.47 Å². The fourth-order valence-electron chi connectivity index (χ4n) is 1.14. The molecule has 0 saturated heterocycles. The Morgan fingerprint density at radius 1 is 1.50 bits per heavy atom. The number of hydrogen-bond donors (Lipinski definition) is 1. The number of nitrogens with one attached hydrogen (secondary N) is 1. The first kappa shape index (κ1) is 10.8. The molecule has 0 aliphatic carbocycles. The highest BCUT2D eigenvalue weighted by Gasteiger charge is 2.12. The minimum Gasteiger partial charge on any atom is -0.363 e. The van der Waals surface area contributed by atoms with Gasteiger partial charge in [-0.05, 0) is 18.2 Å². The Balaban J connectivity index is 2.21. The van der Waals surface area contributed by atoms with Crippen LogP contribution < -0.4 is 5.32 Å². The van der Waals surface area contributed by atoms with Crippen LogP contribution in [0.4, 0.5) is 10.1 Å². The summed E-state index contributed by atoms with van der Waals surface area (Å²) in [4.78, 5) is 11.6. The molecule has 1 aromatic carbocycles. The van der Waals surface area contributed by atoms with Crippen molar-refractivity contribution in [2.75, 3.05) is 5.32 Å². The first-order valence-corrected chi connectivity index (χ1v) is 5.12. The summed E-state index contributed by atoms with van der Waals surface area (Å²) in [6.07, 6.45) is 2.59. The number of carbonyl (C=O) groups excluding carboxylic acids is 1. The third kappa shape index (κ3) is 2.27. The van der Waals surface area contributed by atoms with E-state index in [1.54, 1.807) is 6.07 Å². The average Bonchev–Trinajstić information content (AvgIpc) is 2.70. The third-order valence-electron chi connectivity index (χ3n) is 1.87. The van der Waals surface area contributed by atoms with Crippen molar-refractivity contribution in [3.8, 4) is 0 Å². The first-order chi connectivity index (χ1) is 7.66. The second-order valence-electron chi connectivity index (χ2n) is 2.99. The summed E-state index contributed by atoms with van der Waals surface area (Å²) in [6, 6.07) is 4.20. The molecule has 1 heterocycles. The van der Waals surface area contributed by atoms with Crippen LogP contribution in [0.3, 0.4) is 0 Å². The van der Waals surface area contributed by atoms with Crippen molar-refractivity contribution >= 4 is 27.5 Å². The smallest absolute Gasteiger partial charge is 0.258 e. The van der Waals surface area contributed by atoms with Crippen LogP contribution in [0.15, 0.2) is 39.7 Å². The highest BCUT2D eigenvalue weighted by Crippen LogP contribution is 2.16. The molecule has 0 radical (unpaired) electrons. The van der Waals surface area contributed by atoms with E-state index < -0.39 is 11.7 Å². The molecule has 0 aliphatic heterocycles. The lowest BCUT2D eigenvalue weighted by molar-refractivity contribution is 0.102. The molecule has 0 bridgehead atoms. The monoisotopic (exact) mass is 284 g/mol. The van der Waals surface area contributed by atoms with E-state index in [9.17, 15) is 9.18 Å². The van der Waals surface area contributed by atoms with E-state index in [-0.39, 0.29) is 5.56 Å². The minimum atomic E-state index is -0.594. The van der Waals surface area contributed by atoms with E-state index in [2.05, 4.69) is 30.9 Å². The maximum absolute atomic E-state index is 13.4. The standard InChI is InChI=1S/C10H6BrFN2O2/c11-6-1-2-8(9(12)3-6)10(15)14-7-4-13-16-5-7/h1-5H,(H,14,15). The topological polar surface area (TPSA) is 55.1 Å². The molecule has 1 N–H and O–H groups in total. The van der Waals surface area contributed by atoms with Gasteiger partial charge in [0.05, 0.1) is 11.8 Å². The number of hydrogen-bond acceptors (Lipinski definition) is 3. The SMILES string of the molecule is O=C(Nc1cnoc1)c1ccc(Br)cc1F. The van der Waals surface area contributed by atoms with E-state index in [4.69, 9.17) is 0 Å². The molecule has 0 unspecified atom stereocenters. The van der Waals surface area contributed by atoms with E-state index in [1.807, 2.05) is 0 Å². The van der Waals surface area contributed by atoms with Crippen LogP contribution >= 0.6 is 15.9 Å². The fourth-order valence-corrected chi connectivity index (χ4v) is 1.47. The van der Waals surface area contributed by atoms with Crippen molar-refractivity contribution in [3.05, 3.63) is 46.5 Å². The molecule has 16 heavy (non-hydrogen) atoms. The molecule has 4 nitrogen and oxygen atoms in total. The summed E-state index contributed by atoms with van der Waals surface area (Å²) >= 11 is 3.11. The number of aromatic nitrogens is 1. The fraction of sp³-hybridized carbons (Fsp3) is 0. The minimum absolute atomic E-state index is 0.0376. The molecule has 82 valence electrons.